The highest BCUT2D eigenvalue weighted by Crippen LogP contribution is 2.30. The van der Waals surface area contributed by atoms with Crippen molar-refractivity contribution in [2.24, 2.45) is 5.92 Å². The first-order valence-corrected chi connectivity index (χ1v) is 6.53. The number of hydrogen-bond donors (Lipinski definition) is 1. The Hall–Kier alpha value is -1.31. The van der Waals surface area contributed by atoms with Gasteiger partial charge in [-0.05, 0) is 30.2 Å². The molecule has 0 atom stereocenters. The Kier molecular flexibility index (Phi) is 3.82. The lowest BCUT2D eigenvalue weighted by Crippen LogP contribution is -2.28. The second kappa shape index (κ2) is 5.35. The number of carbonyl (C=O) groups is 1. The number of aliphatic hydroxyl groups is 1. The van der Waals surface area contributed by atoms with Gasteiger partial charge in [-0.1, -0.05) is 11.8 Å². The lowest BCUT2D eigenvalue weighted by Gasteiger charge is -2.15. The maximum Gasteiger partial charge on any atom is 0.264 e. The largest absolute Gasteiger partial charge is 0.384 e. The zero-order valence-electron chi connectivity index (χ0n) is 9.77. The second-order valence-corrected chi connectivity index (χ2v) is 5.17. The van der Waals surface area contributed by atoms with Crippen molar-refractivity contribution in [2.75, 3.05) is 20.2 Å². The van der Waals surface area contributed by atoms with Crippen molar-refractivity contribution in [1.82, 2.24) is 4.90 Å². The highest BCUT2D eigenvalue weighted by Gasteiger charge is 2.26. The normalized spacial score (nSPS) is 14.0. The zero-order valence-corrected chi connectivity index (χ0v) is 10.6. The number of aliphatic hydroxyl groups excluding tert-OH is 1. The number of nitrogens with zero attached hydrogens (tertiary/aromatic N) is 1. The Balaban J connectivity index is 2.09. The number of rotatable bonds is 3. The molecule has 1 aliphatic rings. The van der Waals surface area contributed by atoms with Gasteiger partial charge in [-0.15, -0.1) is 11.3 Å². The lowest BCUT2D eigenvalue weighted by atomic mass is 10.2. The quantitative estimate of drug-likeness (QED) is 0.826. The van der Waals surface area contributed by atoms with Gasteiger partial charge in [0.1, 0.15) is 11.5 Å². The van der Waals surface area contributed by atoms with Crippen LogP contribution in [0.2, 0.25) is 0 Å². The average molecular weight is 249 g/mol. The van der Waals surface area contributed by atoms with E-state index in [1.54, 1.807) is 4.90 Å². The first kappa shape index (κ1) is 12.2. The van der Waals surface area contributed by atoms with E-state index >= 15 is 0 Å². The first-order valence-electron chi connectivity index (χ1n) is 5.65. The lowest BCUT2D eigenvalue weighted by molar-refractivity contribution is 0.0793. The Morgan fingerprint density at radius 1 is 1.65 bits per heavy atom. The molecule has 0 saturated heterocycles. The summed E-state index contributed by atoms with van der Waals surface area (Å²) in [4.78, 5) is 14.6. The van der Waals surface area contributed by atoms with Gasteiger partial charge in [-0.3, -0.25) is 4.79 Å². The Bertz CT molecular complexity index is 465. The number of thiophene rings is 1. The molecule has 0 unspecified atom stereocenters. The molecule has 0 spiro atoms. The maximum atomic E-state index is 12.2. The highest BCUT2D eigenvalue weighted by molar-refractivity contribution is 7.12. The molecular formula is C13H15NO2S. The number of amides is 1. The van der Waals surface area contributed by atoms with E-state index in [4.69, 9.17) is 5.11 Å². The number of carbonyl (C=O) groups excluding carboxylic acids is 1. The molecule has 0 aliphatic heterocycles. The molecule has 1 fully saturated rings. The van der Waals surface area contributed by atoms with Crippen LogP contribution in [0.1, 0.15) is 28.1 Å². The molecule has 1 saturated carbocycles. The molecule has 0 radical (unpaired) electrons. The van der Waals surface area contributed by atoms with Crippen molar-refractivity contribution in [3.8, 4) is 11.8 Å². The third kappa shape index (κ3) is 3.09. The molecule has 4 heteroatoms. The Morgan fingerprint density at radius 3 is 3.06 bits per heavy atom. The van der Waals surface area contributed by atoms with Gasteiger partial charge in [0.2, 0.25) is 0 Å². The summed E-state index contributed by atoms with van der Waals surface area (Å²) in [5, 5.41) is 10.5. The fourth-order valence-corrected chi connectivity index (χ4v) is 2.49. The third-order valence-electron chi connectivity index (χ3n) is 2.74. The van der Waals surface area contributed by atoms with E-state index in [1.807, 2.05) is 18.5 Å². The topological polar surface area (TPSA) is 40.5 Å². The summed E-state index contributed by atoms with van der Waals surface area (Å²) >= 11 is 1.41. The van der Waals surface area contributed by atoms with Crippen LogP contribution in [0.3, 0.4) is 0 Å². The minimum atomic E-state index is -0.179. The highest BCUT2D eigenvalue weighted by atomic mass is 32.1. The van der Waals surface area contributed by atoms with Crippen LogP contribution in [-0.4, -0.2) is 36.1 Å². The standard InChI is InChI=1S/C13H15NO2S/c1-14(9-10-4-5-10)13(16)12-11(3-2-7-15)6-8-17-12/h6,8,10,15H,4-5,7,9H2,1H3. The molecule has 1 aromatic heterocycles. The predicted octanol–water partition coefficient (Wildman–Crippen LogP) is 1.57. The molecule has 1 N–H and O–H groups in total. The maximum absolute atomic E-state index is 12.2. The van der Waals surface area contributed by atoms with Gasteiger partial charge < -0.3 is 10.0 Å². The van der Waals surface area contributed by atoms with E-state index < -0.39 is 0 Å². The molecule has 3 nitrogen and oxygen atoms in total. The van der Waals surface area contributed by atoms with Gasteiger partial charge in [-0.25, -0.2) is 0 Å². The van der Waals surface area contributed by atoms with E-state index in [1.165, 1.54) is 24.2 Å². The first-order chi connectivity index (χ1) is 8.22. The summed E-state index contributed by atoms with van der Waals surface area (Å²) < 4.78 is 0. The molecular weight excluding hydrogens is 234 g/mol. The van der Waals surface area contributed by atoms with Gasteiger partial charge >= 0.3 is 0 Å². The van der Waals surface area contributed by atoms with Gasteiger partial charge in [0, 0.05) is 19.2 Å². The van der Waals surface area contributed by atoms with Crippen molar-refractivity contribution in [3.63, 3.8) is 0 Å². The van der Waals surface area contributed by atoms with Crippen LogP contribution in [0.4, 0.5) is 0 Å². The van der Waals surface area contributed by atoms with Crippen molar-refractivity contribution in [1.29, 1.82) is 0 Å². The summed E-state index contributed by atoms with van der Waals surface area (Å²) in [6, 6.07) is 1.82. The summed E-state index contributed by atoms with van der Waals surface area (Å²) in [5.41, 5.74) is 0.719. The molecule has 1 aliphatic carbocycles. The monoisotopic (exact) mass is 249 g/mol. The van der Waals surface area contributed by atoms with Crippen molar-refractivity contribution in [3.05, 3.63) is 21.9 Å². The smallest absolute Gasteiger partial charge is 0.264 e. The van der Waals surface area contributed by atoms with Gasteiger partial charge in [0.25, 0.3) is 5.91 Å². The van der Waals surface area contributed by atoms with E-state index in [0.29, 0.717) is 10.8 Å². The van der Waals surface area contributed by atoms with E-state index in [2.05, 4.69) is 11.8 Å². The van der Waals surface area contributed by atoms with Gasteiger partial charge in [0.15, 0.2) is 0 Å². The molecule has 17 heavy (non-hydrogen) atoms. The van der Waals surface area contributed by atoms with Gasteiger partial charge in [-0.2, -0.15) is 0 Å². The molecule has 1 heterocycles. The van der Waals surface area contributed by atoms with Crippen LogP contribution in [0, 0.1) is 17.8 Å². The fraction of sp³-hybridized carbons (Fsp3) is 0.462. The molecule has 90 valence electrons. The van der Waals surface area contributed by atoms with Crippen molar-refractivity contribution < 1.29 is 9.90 Å². The van der Waals surface area contributed by atoms with Crippen LogP contribution in [-0.2, 0) is 0 Å². The molecule has 1 aromatic rings. The van der Waals surface area contributed by atoms with Crippen molar-refractivity contribution >= 4 is 17.2 Å². The summed E-state index contributed by atoms with van der Waals surface area (Å²) in [5.74, 6) is 6.12. The molecule has 0 bridgehead atoms. The van der Waals surface area contributed by atoms with Gasteiger partial charge in [0.05, 0.1) is 0 Å². The second-order valence-electron chi connectivity index (χ2n) is 4.25. The minimum Gasteiger partial charge on any atom is -0.384 e. The molecule has 0 aromatic carbocycles. The minimum absolute atomic E-state index is 0.0362. The van der Waals surface area contributed by atoms with E-state index in [9.17, 15) is 4.79 Å². The molecule has 2 rings (SSSR count). The fourth-order valence-electron chi connectivity index (χ4n) is 1.65. The Morgan fingerprint density at radius 2 is 2.41 bits per heavy atom. The SMILES string of the molecule is CN(CC1CC1)C(=O)c1sccc1C#CCO. The van der Waals surface area contributed by atoms with Crippen LogP contribution in [0.5, 0.6) is 0 Å². The average Bonchev–Trinajstić information content (AvgIpc) is 3.01. The van der Waals surface area contributed by atoms with Crippen LogP contribution in [0.15, 0.2) is 11.4 Å². The predicted molar refractivity (Wildman–Crippen MR) is 68.0 cm³/mol. The zero-order chi connectivity index (χ0) is 12.3. The number of hydrogen-bond acceptors (Lipinski definition) is 3. The van der Waals surface area contributed by atoms with E-state index in [-0.39, 0.29) is 12.5 Å². The van der Waals surface area contributed by atoms with Crippen LogP contribution >= 0.6 is 11.3 Å². The van der Waals surface area contributed by atoms with E-state index in [0.717, 1.165) is 12.1 Å². The van der Waals surface area contributed by atoms with Crippen LogP contribution < -0.4 is 0 Å². The molecule has 1 amide bonds. The summed E-state index contributed by atoms with van der Waals surface area (Å²) in [6.07, 6.45) is 2.47. The third-order valence-corrected chi connectivity index (χ3v) is 3.64. The summed E-state index contributed by atoms with van der Waals surface area (Å²) in [7, 11) is 1.84. The Labute approximate surface area is 105 Å². The summed E-state index contributed by atoms with van der Waals surface area (Å²) in [6.45, 7) is 0.658. The van der Waals surface area contributed by atoms with Crippen LogP contribution in [0.25, 0.3) is 0 Å². The van der Waals surface area contributed by atoms with Crippen molar-refractivity contribution in [2.45, 2.75) is 12.8 Å².